The third-order valence-corrected chi connectivity index (χ3v) is 3.69. The molecule has 0 bridgehead atoms. The minimum atomic E-state index is -0.560. The van der Waals surface area contributed by atoms with Gasteiger partial charge >= 0.3 is 0 Å². The Morgan fingerprint density at radius 3 is 2.08 bits per heavy atom. The van der Waals surface area contributed by atoms with Crippen molar-refractivity contribution in [3.05, 3.63) is 71.8 Å². The van der Waals surface area contributed by atoms with E-state index in [9.17, 15) is 9.59 Å². The van der Waals surface area contributed by atoms with E-state index in [4.69, 9.17) is 0 Å². The van der Waals surface area contributed by atoms with Gasteiger partial charge in [0.2, 0.25) is 11.8 Å². The van der Waals surface area contributed by atoms with Crippen LogP contribution in [-0.2, 0) is 22.4 Å². The van der Waals surface area contributed by atoms with Gasteiger partial charge in [-0.2, -0.15) is 0 Å². The molecule has 0 saturated carbocycles. The molecule has 1 atom stereocenters. The van der Waals surface area contributed by atoms with Crippen molar-refractivity contribution in [2.24, 2.45) is 0 Å². The molecule has 4 nitrogen and oxygen atoms in total. The van der Waals surface area contributed by atoms with E-state index in [-0.39, 0.29) is 18.2 Å². The number of nitrogens with one attached hydrogen (secondary N) is 2. The Kier molecular flexibility index (Phi) is 7.02. The quantitative estimate of drug-likeness (QED) is 0.784. The maximum absolute atomic E-state index is 12.4. The molecule has 4 heteroatoms. The maximum atomic E-state index is 12.4. The highest BCUT2D eigenvalue weighted by Crippen LogP contribution is 2.05. The van der Waals surface area contributed by atoms with Crippen LogP contribution >= 0.6 is 0 Å². The predicted molar refractivity (Wildman–Crippen MR) is 95.5 cm³/mol. The lowest BCUT2D eigenvalue weighted by Crippen LogP contribution is -2.48. The van der Waals surface area contributed by atoms with Gasteiger partial charge in [0, 0.05) is 13.0 Å². The zero-order valence-corrected chi connectivity index (χ0v) is 14.0. The van der Waals surface area contributed by atoms with E-state index in [2.05, 4.69) is 10.6 Å². The molecule has 24 heavy (non-hydrogen) atoms. The number of carbonyl (C=O) groups excluding carboxylic acids is 2. The summed E-state index contributed by atoms with van der Waals surface area (Å²) < 4.78 is 0. The van der Waals surface area contributed by atoms with Crippen LogP contribution in [0.1, 0.15) is 24.5 Å². The van der Waals surface area contributed by atoms with Crippen molar-refractivity contribution in [1.29, 1.82) is 0 Å². The van der Waals surface area contributed by atoms with Gasteiger partial charge in [-0.15, -0.1) is 0 Å². The highest BCUT2D eigenvalue weighted by Gasteiger charge is 2.20. The van der Waals surface area contributed by atoms with E-state index in [1.165, 1.54) is 0 Å². The van der Waals surface area contributed by atoms with Crippen LogP contribution in [0.15, 0.2) is 60.7 Å². The third-order valence-electron chi connectivity index (χ3n) is 3.69. The van der Waals surface area contributed by atoms with Gasteiger partial charge in [0.1, 0.15) is 6.04 Å². The fourth-order valence-corrected chi connectivity index (χ4v) is 2.46. The van der Waals surface area contributed by atoms with Crippen molar-refractivity contribution >= 4 is 11.8 Å². The van der Waals surface area contributed by atoms with E-state index in [1.54, 1.807) is 0 Å². The lowest BCUT2D eigenvalue weighted by atomic mass is 10.0. The number of amides is 2. The van der Waals surface area contributed by atoms with Gasteiger partial charge < -0.3 is 10.6 Å². The monoisotopic (exact) mass is 324 g/mol. The number of carbonyl (C=O) groups is 2. The molecule has 0 aliphatic heterocycles. The molecule has 2 aromatic carbocycles. The molecule has 126 valence electrons. The van der Waals surface area contributed by atoms with E-state index in [0.29, 0.717) is 13.0 Å². The molecule has 2 aromatic rings. The summed E-state index contributed by atoms with van der Waals surface area (Å²) in [5.74, 6) is -0.282. The molecule has 0 aliphatic carbocycles. The van der Waals surface area contributed by atoms with Crippen LogP contribution in [0.3, 0.4) is 0 Å². The topological polar surface area (TPSA) is 58.2 Å². The Morgan fingerprint density at radius 1 is 0.917 bits per heavy atom. The molecule has 2 rings (SSSR count). The Bertz CT molecular complexity index is 641. The molecule has 1 unspecified atom stereocenters. The van der Waals surface area contributed by atoms with Crippen molar-refractivity contribution in [2.75, 3.05) is 6.54 Å². The first kappa shape index (κ1) is 17.7. The minimum absolute atomic E-state index is 0.137. The lowest BCUT2D eigenvalue weighted by molar-refractivity contribution is -0.128. The van der Waals surface area contributed by atoms with Crippen molar-refractivity contribution in [3.8, 4) is 0 Å². The van der Waals surface area contributed by atoms with Gasteiger partial charge in [0.25, 0.3) is 0 Å². The van der Waals surface area contributed by atoms with Crippen LogP contribution in [0, 0.1) is 0 Å². The van der Waals surface area contributed by atoms with Gasteiger partial charge in [-0.25, -0.2) is 0 Å². The number of hydrogen-bond donors (Lipinski definition) is 2. The number of rotatable bonds is 8. The molecule has 0 saturated heterocycles. The summed E-state index contributed by atoms with van der Waals surface area (Å²) in [7, 11) is 0. The second-order valence-corrected chi connectivity index (χ2v) is 5.76. The first-order valence-corrected chi connectivity index (χ1v) is 8.34. The molecule has 0 radical (unpaired) electrons. The van der Waals surface area contributed by atoms with Gasteiger partial charge in [-0.1, -0.05) is 67.6 Å². The summed E-state index contributed by atoms with van der Waals surface area (Å²) in [6.45, 7) is 2.61. The number of hydrogen-bond acceptors (Lipinski definition) is 2. The Balaban J connectivity index is 2.01. The van der Waals surface area contributed by atoms with Crippen molar-refractivity contribution in [2.45, 2.75) is 32.2 Å². The van der Waals surface area contributed by atoms with Crippen LogP contribution in [-0.4, -0.2) is 24.4 Å². The van der Waals surface area contributed by atoms with Crippen LogP contribution in [0.5, 0.6) is 0 Å². The lowest BCUT2D eigenvalue weighted by Gasteiger charge is -2.18. The van der Waals surface area contributed by atoms with Crippen molar-refractivity contribution < 1.29 is 9.59 Å². The molecular formula is C20H24N2O2. The average Bonchev–Trinajstić information content (AvgIpc) is 2.61. The smallest absolute Gasteiger partial charge is 0.242 e. The number of benzene rings is 2. The highest BCUT2D eigenvalue weighted by atomic mass is 16.2. The molecule has 0 aliphatic rings. The Hall–Kier alpha value is -2.62. The Morgan fingerprint density at radius 2 is 1.50 bits per heavy atom. The van der Waals surface area contributed by atoms with E-state index < -0.39 is 6.04 Å². The van der Waals surface area contributed by atoms with Crippen molar-refractivity contribution in [1.82, 2.24) is 10.6 Å². The molecule has 2 amide bonds. The molecule has 2 N–H and O–H groups in total. The van der Waals surface area contributed by atoms with Crippen LogP contribution < -0.4 is 10.6 Å². The molecule has 0 heterocycles. The van der Waals surface area contributed by atoms with E-state index in [0.717, 1.165) is 17.5 Å². The first-order chi connectivity index (χ1) is 11.7. The minimum Gasteiger partial charge on any atom is -0.354 e. The zero-order chi connectivity index (χ0) is 17.2. The Labute approximate surface area is 143 Å². The van der Waals surface area contributed by atoms with Crippen LogP contribution in [0.25, 0.3) is 0 Å². The SMILES string of the molecule is CCCNC(=O)C(Cc1ccccc1)NC(=O)Cc1ccccc1. The average molecular weight is 324 g/mol. The van der Waals surface area contributed by atoms with Gasteiger partial charge in [-0.05, 0) is 17.5 Å². The predicted octanol–water partition coefficient (Wildman–Crippen LogP) is 2.48. The fourth-order valence-electron chi connectivity index (χ4n) is 2.46. The van der Waals surface area contributed by atoms with E-state index in [1.807, 2.05) is 67.6 Å². The highest BCUT2D eigenvalue weighted by molar-refractivity contribution is 5.88. The van der Waals surface area contributed by atoms with E-state index >= 15 is 0 Å². The molecule has 0 spiro atoms. The second-order valence-electron chi connectivity index (χ2n) is 5.76. The third kappa shape index (κ3) is 5.88. The van der Waals surface area contributed by atoms with Crippen LogP contribution in [0.2, 0.25) is 0 Å². The second kappa shape index (κ2) is 9.50. The van der Waals surface area contributed by atoms with Gasteiger partial charge in [-0.3, -0.25) is 9.59 Å². The first-order valence-electron chi connectivity index (χ1n) is 8.34. The van der Waals surface area contributed by atoms with Crippen molar-refractivity contribution in [3.63, 3.8) is 0 Å². The van der Waals surface area contributed by atoms with Gasteiger partial charge in [0.05, 0.1) is 6.42 Å². The fraction of sp³-hybridized carbons (Fsp3) is 0.300. The summed E-state index contributed by atoms with van der Waals surface area (Å²) in [6, 6.07) is 18.7. The molecular weight excluding hydrogens is 300 g/mol. The van der Waals surface area contributed by atoms with Gasteiger partial charge in [0.15, 0.2) is 0 Å². The summed E-state index contributed by atoms with van der Waals surface area (Å²) in [5.41, 5.74) is 1.96. The molecule has 0 aromatic heterocycles. The largest absolute Gasteiger partial charge is 0.354 e. The van der Waals surface area contributed by atoms with Crippen LogP contribution in [0.4, 0.5) is 0 Å². The summed E-state index contributed by atoms with van der Waals surface area (Å²) >= 11 is 0. The summed E-state index contributed by atoms with van der Waals surface area (Å²) in [4.78, 5) is 24.7. The molecule has 0 fully saturated rings. The summed E-state index contributed by atoms with van der Waals surface area (Å²) in [6.07, 6.45) is 1.62. The maximum Gasteiger partial charge on any atom is 0.242 e. The standard InChI is InChI=1S/C20H24N2O2/c1-2-13-21-20(24)18(14-16-9-5-3-6-10-16)22-19(23)15-17-11-7-4-8-12-17/h3-12,18H,2,13-15H2,1H3,(H,21,24)(H,22,23). The zero-order valence-electron chi connectivity index (χ0n) is 14.0. The normalized spacial score (nSPS) is 11.5. The summed E-state index contributed by atoms with van der Waals surface area (Å²) in [5, 5.41) is 5.74.